The third-order valence-electron chi connectivity index (χ3n) is 5.49. The highest BCUT2D eigenvalue weighted by atomic mass is 35.5. The summed E-state index contributed by atoms with van der Waals surface area (Å²) in [5.41, 5.74) is 1.18. The van der Waals surface area contributed by atoms with Crippen LogP contribution in [0, 0.1) is 18.3 Å². The highest BCUT2D eigenvalue weighted by Gasteiger charge is 2.67. The zero-order valence-corrected chi connectivity index (χ0v) is 14.1. The van der Waals surface area contributed by atoms with Crippen molar-refractivity contribution >= 4 is 29.1 Å². The number of fused-ring (bicyclic) bond motifs is 2. The molecule has 3 atom stereocenters. The predicted molar refractivity (Wildman–Crippen MR) is 86.8 cm³/mol. The molecule has 0 bridgehead atoms. The fourth-order valence-corrected chi connectivity index (χ4v) is 4.21. The highest BCUT2D eigenvalue weighted by molar-refractivity contribution is 6.33. The van der Waals surface area contributed by atoms with Gasteiger partial charge in [0, 0.05) is 19.9 Å². The molecule has 6 nitrogen and oxygen atoms in total. The number of ether oxygens (including phenoxy) is 1. The molecular weight excluding hydrogens is 330 g/mol. The molecule has 2 heterocycles. The Hall–Kier alpha value is -2.10. The van der Waals surface area contributed by atoms with Gasteiger partial charge in [0.05, 0.1) is 21.8 Å². The van der Waals surface area contributed by atoms with Crippen LogP contribution in [0.3, 0.4) is 0 Å². The summed E-state index contributed by atoms with van der Waals surface area (Å²) in [7, 11) is 1.73. The number of anilines is 1. The van der Waals surface area contributed by atoms with Crippen molar-refractivity contribution in [3.05, 3.63) is 28.3 Å². The first-order chi connectivity index (χ1) is 11.4. The van der Waals surface area contributed by atoms with E-state index in [0.717, 1.165) is 0 Å². The highest BCUT2D eigenvalue weighted by Crippen LogP contribution is 2.52. The van der Waals surface area contributed by atoms with Gasteiger partial charge in [0.2, 0.25) is 0 Å². The van der Waals surface area contributed by atoms with Crippen molar-refractivity contribution in [2.24, 2.45) is 0 Å². The summed E-state index contributed by atoms with van der Waals surface area (Å²) in [5, 5.41) is 9.43. The van der Waals surface area contributed by atoms with Crippen LogP contribution in [-0.4, -0.2) is 41.6 Å². The topological polar surface area (TPSA) is 76.9 Å². The number of amides is 2. The van der Waals surface area contributed by atoms with E-state index in [1.165, 1.54) is 0 Å². The Bertz CT molecular complexity index is 818. The Morgan fingerprint density at radius 2 is 2.17 bits per heavy atom. The number of nitrogens with zero attached hydrogens (tertiary/aromatic N) is 3. The number of hydrogen-bond acceptors (Lipinski definition) is 4. The third kappa shape index (κ3) is 1.86. The number of rotatable bonds is 1. The molecule has 1 aromatic carbocycles. The van der Waals surface area contributed by atoms with E-state index in [9.17, 15) is 9.59 Å². The quantitative estimate of drug-likeness (QED) is 0.733. The molecule has 1 spiro atoms. The van der Waals surface area contributed by atoms with E-state index >= 15 is 0 Å². The lowest BCUT2D eigenvalue weighted by atomic mass is 9.88. The molecule has 3 unspecified atom stereocenters. The van der Waals surface area contributed by atoms with Gasteiger partial charge in [-0.05, 0) is 31.0 Å². The average molecular weight is 346 g/mol. The monoisotopic (exact) mass is 345 g/mol. The Kier molecular flexibility index (Phi) is 3.18. The number of ketones is 1. The maximum absolute atomic E-state index is 13.0. The number of carbonyl (C=O) groups excluding carboxylic acids is 2. The number of carbonyl (C=O) groups is 2. The van der Waals surface area contributed by atoms with Crippen LogP contribution in [0.2, 0.25) is 5.02 Å². The summed E-state index contributed by atoms with van der Waals surface area (Å²) in [6.45, 7) is 1.78. The second-order valence-corrected chi connectivity index (χ2v) is 7.04. The number of benzene rings is 1. The molecule has 1 saturated carbocycles. The molecule has 1 aliphatic carbocycles. The molecule has 3 aliphatic rings. The number of nitriles is 1. The van der Waals surface area contributed by atoms with Crippen molar-refractivity contribution in [3.63, 3.8) is 0 Å². The maximum Gasteiger partial charge on any atom is 0.327 e. The first-order valence-corrected chi connectivity index (χ1v) is 8.22. The van der Waals surface area contributed by atoms with Crippen LogP contribution in [0.4, 0.5) is 10.5 Å². The van der Waals surface area contributed by atoms with Crippen molar-refractivity contribution in [1.82, 2.24) is 4.90 Å². The summed E-state index contributed by atoms with van der Waals surface area (Å²) in [5.74, 6) is 0.176. The van der Waals surface area contributed by atoms with Gasteiger partial charge in [-0.3, -0.25) is 9.69 Å². The lowest BCUT2D eigenvalue weighted by molar-refractivity contribution is -0.118. The molecule has 3 fully saturated rings. The van der Waals surface area contributed by atoms with Gasteiger partial charge in [0.25, 0.3) is 0 Å². The van der Waals surface area contributed by atoms with E-state index < -0.39 is 5.54 Å². The minimum absolute atomic E-state index is 0.166. The average Bonchev–Trinajstić information content (AvgIpc) is 3.26. The summed E-state index contributed by atoms with van der Waals surface area (Å²) in [4.78, 5) is 28.0. The molecule has 2 aliphatic heterocycles. The lowest BCUT2D eigenvalue weighted by Crippen LogP contribution is -2.62. The summed E-state index contributed by atoms with van der Waals surface area (Å²) < 4.78 is 5.83. The molecular formula is C17H16ClN3O3. The summed E-state index contributed by atoms with van der Waals surface area (Å²) >= 11 is 6.24. The standard InChI is InChI=1S/C17H16ClN3O3/c1-9-12(4-3-10(8-19)13(9)18)21-15-14(24-15)17(20(2)16(21)23)6-5-11(22)7-17/h3-4,14-15H,5-7H2,1-2H3. The van der Waals surface area contributed by atoms with Gasteiger partial charge in [-0.15, -0.1) is 0 Å². The van der Waals surface area contributed by atoms with Gasteiger partial charge in [-0.25, -0.2) is 4.79 Å². The van der Waals surface area contributed by atoms with Crippen LogP contribution in [-0.2, 0) is 9.53 Å². The SMILES string of the molecule is Cc1c(N2C(=O)N(C)C3(CCC(=O)C3)C3OC32)ccc(C#N)c1Cl. The van der Waals surface area contributed by atoms with Gasteiger partial charge in [0.1, 0.15) is 18.0 Å². The van der Waals surface area contributed by atoms with Crippen LogP contribution in [0.1, 0.15) is 30.4 Å². The first kappa shape index (κ1) is 15.4. The summed E-state index contributed by atoms with van der Waals surface area (Å²) in [6, 6.07) is 5.17. The number of urea groups is 1. The Labute approximate surface area is 144 Å². The number of halogens is 1. The molecule has 1 aromatic rings. The van der Waals surface area contributed by atoms with E-state index in [1.807, 2.05) is 6.07 Å². The van der Waals surface area contributed by atoms with Gasteiger partial charge in [-0.2, -0.15) is 5.26 Å². The van der Waals surface area contributed by atoms with Crippen LogP contribution < -0.4 is 4.90 Å². The minimum atomic E-state index is -0.514. The number of Topliss-reactive ketones (excluding diaryl/α,β-unsaturated/α-hetero) is 1. The Balaban J connectivity index is 1.74. The summed E-state index contributed by atoms with van der Waals surface area (Å²) in [6.07, 6.45) is 0.960. The second-order valence-electron chi connectivity index (χ2n) is 6.66. The Morgan fingerprint density at radius 3 is 2.79 bits per heavy atom. The molecule has 2 saturated heterocycles. The normalized spacial score (nSPS) is 31.4. The van der Waals surface area contributed by atoms with E-state index in [2.05, 4.69) is 0 Å². The van der Waals surface area contributed by atoms with Gasteiger partial charge >= 0.3 is 6.03 Å². The number of hydrogen-bond donors (Lipinski definition) is 0. The third-order valence-corrected chi connectivity index (χ3v) is 5.98. The fraction of sp³-hybridized carbons (Fsp3) is 0.471. The van der Waals surface area contributed by atoms with E-state index in [1.54, 1.807) is 35.9 Å². The van der Waals surface area contributed by atoms with Crippen molar-refractivity contribution in [2.75, 3.05) is 11.9 Å². The van der Waals surface area contributed by atoms with Crippen LogP contribution in [0.25, 0.3) is 0 Å². The van der Waals surface area contributed by atoms with Gasteiger partial charge in [0.15, 0.2) is 6.23 Å². The number of likely N-dealkylation sites (N-methyl/N-ethyl adjacent to an activating group) is 1. The number of epoxide rings is 1. The van der Waals surface area contributed by atoms with Crippen LogP contribution in [0.5, 0.6) is 0 Å². The molecule has 0 radical (unpaired) electrons. The van der Waals surface area contributed by atoms with E-state index in [4.69, 9.17) is 21.6 Å². The minimum Gasteiger partial charge on any atom is -0.345 e. The molecule has 0 aromatic heterocycles. The molecule has 4 rings (SSSR count). The van der Waals surface area contributed by atoms with Crippen molar-refractivity contribution in [3.8, 4) is 6.07 Å². The molecule has 24 heavy (non-hydrogen) atoms. The predicted octanol–water partition coefficient (Wildman–Crippen LogP) is 2.61. The smallest absolute Gasteiger partial charge is 0.327 e. The second kappa shape index (κ2) is 4.95. The lowest BCUT2D eigenvalue weighted by Gasteiger charge is -2.43. The van der Waals surface area contributed by atoms with Crippen molar-refractivity contribution < 1.29 is 14.3 Å². The van der Waals surface area contributed by atoms with Gasteiger partial charge < -0.3 is 9.64 Å². The van der Waals surface area contributed by atoms with Gasteiger partial charge in [-0.1, -0.05) is 11.6 Å². The Morgan fingerprint density at radius 1 is 1.42 bits per heavy atom. The zero-order chi connectivity index (χ0) is 17.2. The molecule has 0 N–H and O–H groups in total. The largest absolute Gasteiger partial charge is 0.345 e. The molecule has 124 valence electrons. The zero-order valence-electron chi connectivity index (χ0n) is 13.4. The fourth-order valence-electron chi connectivity index (χ4n) is 4.01. The molecule has 2 amide bonds. The van der Waals surface area contributed by atoms with Crippen LogP contribution >= 0.6 is 11.6 Å². The molecule has 7 heteroatoms. The van der Waals surface area contributed by atoms with E-state index in [-0.39, 0.29) is 24.1 Å². The van der Waals surface area contributed by atoms with Crippen molar-refractivity contribution in [1.29, 1.82) is 5.26 Å². The first-order valence-electron chi connectivity index (χ1n) is 7.84. The maximum atomic E-state index is 13.0. The van der Waals surface area contributed by atoms with Crippen molar-refractivity contribution in [2.45, 2.75) is 44.1 Å². The van der Waals surface area contributed by atoms with E-state index in [0.29, 0.717) is 41.1 Å². The van der Waals surface area contributed by atoms with Crippen LogP contribution in [0.15, 0.2) is 12.1 Å².